The largest absolute Gasteiger partial charge is 0.480 e. The monoisotopic (exact) mass is 330 g/mol. The number of fused-ring (bicyclic) bond motifs is 1. The fourth-order valence-electron chi connectivity index (χ4n) is 3.14. The summed E-state index contributed by atoms with van der Waals surface area (Å²) in [6, 6.07) is 6.19. The average Bonchev–Trinajstić information content (AvgIpc) is 2.94. The van der Waals surface area contributed by atoms with Gasteiger partial charge in [0.2, 0.25) is 5.91 Å². The second-order valence-electron chi connectivity index (χ2n) is 5.82. The Labute approximate surface area is 137 Å². The highest BCUT2D eigenvalue weighted by Crippen LogP contribution is 2.21. The molecule has 2 aromatic rings. The zero-order valence-electron chi connectivity index (χ0n) is 13.0. The van der Waals surface area contributed by atoms with Crippen LogP contribution in [-0.4, -0.2) is 50.2 Å². The molecule has 0 aliphatic carbocycles. The molecule has 1 fully saturated rings. The van der Waals surface area contributed by atoms with Crippen molar-refractivity contribution in [2.75, 3.05) is 6.54 Å². The number of aliphatic carboxylic acids is 1. The van der Waals surface area contributed by atoms with E-state index in [4.69, 9.17) is 5.73 Å². The Hall–Kier alpha value is -2.90. The molecular formula is C16H18N4O4. The molecule has 0 saturated carbocycles. The van der Waals surface area contributed by atoms with E-state index in [2.05, 4.69) is 5.10 Å². The van der Waals surface area contributed by atoms with E-state index >= 15 is 0 Å². The minimum Gasteiger partial charge on any atom is -0.480 e. The number of piperidine rings is 1. The minimum atomic E-state index is -0.994. The molecular weight excluding hydrogens is 312 g/mol. The van der Waals surface area contributed by atoms with Gasteiger partial charge in [-0.2, -0.15) is 5.10 Å². The van der Waals surface area contributed by atoms with Crippen molar-refractivity contribution in [3.05, 3.63) is 30.0 Å². The number of amides is 2. The van der Waals surface area contributed by atoms with Gasteiger partial charge in [0.25, 0.3) is 5.91 Å². The number of aromatic nitrogens is 2. The fourth-order valence-corrected chi connectivity index (χ4v) is 3.14. The second-order valence-corrected chi connectivity index (χ2v) is 5.82. The lowest BCUT2D eigenvalue weighted by molar-refractivity contribution is -0.152. The number of likely N-dealkylation sites (tertiary alicyclic amines) is 1. The van der Waals surface area contributed by atoms with Crippen LogP contribution in [-0.2, 0) is 16.1 Å². The normalized spacial score (nSPS) is 17.8. The van der Waals surface area contributed by atoms with Crippen LogP contribution in [0.1, 0.15) is 29.8 Å². The number of carbonyl (C=O) groups is 3. The molecule has 1 unspecified atom stereocenters. The van der Waals surface area contributed by atoms with E-state index in [9.17, 15) is 19.5 Å². The predicted octanol–water partition coefficient (Wildman–Crippen LogP) is 0.601. The van der Waals surface area contributed by atoms with Crippen LogP contribution in [0.5, 0.6) is 0 Å². The smallest absolute Gasteiger partial charge is 0.326 e. The van der Waals surface area contributed by atoms with Gasteiger partial charge < -0.3 is 15.7 Å². The molecule has 1 atom stereocenters. The molecule has 1 aliphatic rings. The maximum Gasteiger partial charge on any atom is 0.326 e. The predicted molar refractivity (Wildman–Crippen MR) is 85.2 cm³/mol. The van der Waals surface area contributed by atoms with Crippen molar-refractivity contribution in [3.8, 4) is 0 Å². The summed E-state index contributed by atoms with van der Waals surface area (Å²) in [4.78, 5) is 36.9. The van der Waals surface area contributed by atoms with Crippen LogP contribution in [0.15, 0.2) is 24.3 Å². The van der Waals surface area contributed by atoms with Crippen molar-refractivity contribution in [1.29, 1.82) is 0 Å². The summed E-state index contributed by atoms with van der Waals surface area (Å²) in [5.74, 6) is -1.99. The number of hydrogen-bond donors (Lipinski definition) is 2. The van der Waals surface area contributed by atoms with Crippen LogP contribution in [0.4, 0.5) is 0 Å². The fraction of sp³-hybridized carbons (Fsp3) is 0.375. The third-order valence-corrected chi connectivity index (χ3v) is 4.28. The van der Waals surface area contributed by atoms with Crippen LogP contribution in [0, 0.1) is 0 Å². The van der Waals surface area contributed by atoms with Crippen molar-refractivity contribution in [3.63, 3.8) is 0 Å². The van der Waals surface area contributed by atoms with Crippen LogP contribution < -0.4 is 5.73 Å². The van der Waals surface area contributed by atoms with Crippen molar-refractivity contribution >= 4 is 28.7 Å². The zero-order chi connectivity index (χ0) is 17.3. The number of carbonyl (C=O) groups excluding carboxylic acids is 2. The first kappa shape index (κ1) is 16.0. The Bertz CT molecular complexity index is 814. The lowest BCUT2D eigenvalue weighted by atomic mass is 10.0. The Kier molecular flexibility index (Phi) is 4.20. The first-order valence-electron chi connectivity index (χ1n) is 7.76. The van der Waals surface area contributed by atoms with Crippen LogP contribution in [0.3, 0.4) is 0 Å². The molecule has 8 heteroatoms. The van der Waals surface area contributed by atoms with E-state index < -0.39 is 17.9 Å². The quantitative estimate of drug-likeness (QED) is 0.851. The Balaban J connectivity index is 1.90. The lowest BCUT2D eigenvalue weighted by Crippen LogP contribution is -2.49. The molecule has 8 nitrogen and oxygen atoms in total. The van der Waals surface area contributed by atoms with E-state index in [1.807, 2.05) is 0 Å². The Morgan fingerprint density at radius 1 is 1.25 bits per heavy atom. The standard InChI is InChI=1S/C16H18N4O4/c17-15(22)14-10-5-1-2-6-11(10)20(18-14)9-13(21)19-8-4-3-7-12(19)16(23)24/h1-2,5-6,12H,3-4,7-9H2,(H2,17,22)(H,23,24). The highest BCUT2D eigenvalue weighted by atomic mass is 16.4. The molecule has 2 heterocycles. The topological polar surface area (TPSA) is 119 Å². The van der Waals surface area contributed by atoms with Gasteiger partial charge >= 0.3 is 5.97 Å². The number of rotatable bonds is 4. The van der Waals surface area contributed by atoms with Crippen LogP contribution in [0.25, 0.3) is 10.9 Å². The average molecular weight is 330 g/mol. The molecule has 3 N–H and O–H groups in total. The van der Waals surface area contributed by atoms with Crippen molar-refractivity contribution in [2.24, 2.45) is 5.73 Å². The third kappa shape index (κ3) is 2.82. The van der Waals surface area contributed by atoms with Gasteiger partial charge in [-0.15, -0.1) is 0 Å². The van der Waals surface area contributed by atoms with E-state index in [-0.39, 0.29) is 18.1 Å². The number of hydrogen-bond acceptors (Lipinski definition) is 4. The summed E-state index contributed by atoms with van der Waals surface area (Å²) in [6.07, 6.45) is 2.02. The summed E-state index contributed by atoms with van der Waals surface area (Å²) >= 11 is 0. The number of nitrogens with two attached hydrogens (primary N) is 1. The lowest BCUT2D eigenvalue weighted by Gasteiger charge is -2.32. The molecule has 1 saturated heterocycles. The van der Waals surface area contributed by atoms with E-state index in [0.717, 1.165) is 12.8 Å². The molecule has 0 spiro atoms. The van der Waals surface area contributed by atoms with Gasteiger partial charge in [0, 0.05) is 11.9 Å². The Morgan fingerprint density at radius 2 is 2.00 bits per heavy atom. The molecule has 2 amide bonds. The molecule has 1 aromatic heterocycles. The highest BCUT2D eigenvalue weighted by Gasteiger charge is 2.32. The van der Waals surface area contributed by atoms with Crippen molar-refractivity contribution in [1.82, 2.24) is 14.7 Å². The van der Waals surface area contributed by atoms with Crippen molar-refractivity contribution in [2.45, 2.75) is 31.8 Å². The summed E-state index contributed by atoms with van der Waals surface area (Å²) in [5, 5.41) is 14.0. The second kappa shape index (κ2) is 6.31. The maximum absolute atomic E-state index is 12.6. The molecule has 3 rings (SSSR count). The number of nitrogens with zero attached hydrogens (tertiary/aromatic N) is 3. The van der Waals surface area contributed by atoms with Crippen LogP contribution >= 0.6 is 0 Å². The minimum absolute atomic E-state index is 0.104. The van der Waals surface area contributed by atoms with Crippen molar-refractivity contribution < 1.29 is 19.5 Å². The number of carboxylic acid groups (broad SMARTS) is 1. The van der Waals surface area contributed by atoms with Gasteiger partial charge in [0.1, 0.15) is 12.6 Å². The van der Waals surface area contributed by atoms with E-state index in [1.54, 1.807) is 24.3 Å². The van der Waals surface area contributed by atoms with E-state index in [0.29, 0.717) is 23.9 Å². The molecule has 24 heavy (non-hydrogen) atoms. The molecule has 1 aliphatic heterocycles. The summed E-state index contributed by atoms with van der Waals surface area (Å²) < 4.78 is 1.41. The summed E-state index contributed by atoms with van der Waals surface area (Å²) in [5.41, 5.74) is 6.06. The van der Waals surface area contributed by atoms with Gasteiger partial charge in [-0.3, -0.25) is 14.3 Å². The summed E-state index contributed by atoms with van der Waals surface area (Å²) in [7, 11) is 0. The highest BCUT2D eigenvalue weighted by molar-refractivity contribution is 6.04. The molecule has 126 valence electrons. The first-order valence-corrected chi connectivity index (χ1v) is 7.76. The Morgan fingerprint density at radius 3 is 2.71 bits per heavy atom. The molecule has 1 aromatic carbocycles. The summed E-state index contributed by atoms with van der Waals surface area (Å²) in [6.45, 7) is 0.287. The maximum atomic E-state index is 12.6. The number of carboxylic acids is 1. The van der Waals surface area contributed by atoms with Gasteiger partial charge in [-0.25, -0.2) is 4.79 Å². The van der Waals surface area contributed by atoms with E-state index in [1.165, 1.54) is 9.58 Å². The van der Waals surface area contributed by atoms with Crippen LogP contribution in [0.2, 0.25) is 0 Å². The van der Waals surface area contributed by atoms with Gasteiger partial charge in [-0.05, 0) is 25.3 Å². The first-order chi connectivity index (χ1) is 11.5. The molecule has 0 radical (unpaired) electrons. The third-order valence-electron chi connectivity index (χ3n) is 4.28. The number of primary amides is 1. The number of para-hydroxylation sites is 1. The number of benzene rings is 1. The zero-order valence-corrected chi connectivity index (χ0v) is 13.0. The molecule has 0 bridgehead atoms. The SMILES string of the molecule is NC(=O)c1nn(CC(=O)N2CCCCC2C(=O)O)c2ccccc12. The van der Waals surface area contributed by atoms with Gasteiger partial charge in [0.05, 0.1) is 5.52 Å². The van der Waals surface area contributed by atoms with Gasteiger partial charge in [0.15, 0.2) is 5.69 Å². The van der Waals surface area contributed by atoms with Gasteiger partial charge in [-0.1, -0.05) is 18.2 Å².